The number of nitrogens with zero attached hydrogens (tertiary/aromatic N) is 1. The van der Waals surface area contributed by atoms with Crippen molar-refractivity contribution in [2.24, 2.45) is 4.99 Å². The summed E-state index contributed by atoms with van der Waals surface area (Å²) in [4.78, 5) is 4.88. The summed E-state index contributed by atoms with van der Waals surface area (Å²) in [7, 11) is 3.22. The second-order valence-electron chi connectivity index (χ2n) is 6.86. The van der Waals surface area contributed by atoms with Crippen molar-refractivity contribution in [2.45, 2.75) is 0 Å². The Labute approximate surface area is 186 Å². The Kier molecular flexibility index (Phi) is 5.03. The highest BCUT2D eigenvalue weighted by molar-refractivity contribution is 9.10. The molecule has 1 aliphatic heterocycles. The molecular weight excluding hydrogens is 462 g/mol. The largest absolute Gasteiger partial charge is 0.493 e. The van der Waals surface area contributed by atoms with Gasteiger partial charge in [-0.15, -0.1) is 0 Å². The molecule has 1 aliphatic rings. The predicted molar refractivity (Wildman–Crippen MR) is 120 cm³/mol. The molecule has 0 bridgehead atoms. The van der Waals surface area contributed by atoms with Gasteiger partial charge in [0.1, 0.15) is 11.3 Å². The zero-order valence-corrected chi connectivity index (χ0v) is 18.4. The lowest BCUT2D eigenvalue weighted by molar-refractivity contribution is 0.174. The molecule has 0 aliphatic carbocycles. The summed E-state index contributed by atoms with van der Waals surface area (Å²) >= 11 is 3.54. The first-order valence-electron chi connectivity index (χ1n) is 9.55. The quantitative estimate of drug-likeness (QED) is 0.367. The molecule has 0 radical (unpaired) electrons. The molecular formula is C24H18BrNO5. The zero-order valence-electron chi connectivity index (χ0n) is 16.8. The average Bonchev–Trinajstić information content (AvgIpc) is 3.26. The molecule has 4 aromatic rings. The SMILES string of the molecule is COc1ccc(-c2cc(=Nc3ccc4c(c3)OCO4)c3cc(Br)ccc3o2)cc1OC. The van der Waals surface area contributed by atoms with Crippen LogP contribution in [0.25, 0.3) is 22.3 Å². The van der Waals surface area contributed by atoms with Crippen molar-refractivity contribution in [1.29, 1.82) is 0 Å². The molecule has 0 amide bonds. The summed E-state index contributed by atoms with van der Waals surface area (Å²) in [6, 6.07) is 19.1. The van der Waals surface area contributed by atoms with E-state index in [1.807, 2.05) is 60.7 Å². The lowest BCUT2D eigenvalue weighted by Crippen LogP contribution is -2.03. The number of halogens is 1. The molecule has 7 heteroatoms. The Balaban J connectivity index is 1.71. The maximum Gasteiger partial charge on any atom is 0.231 e. The van der Waals surface area contributed by atoms with E-state index in [1.54, 1.807) is 14.2 Å². The Morgan fingerprint density at radius 1 is 0.839 bits per heavy atom. The maximum atomic E-state index is 6.21. The Morgan fingerprint density at radius 2 is 1.68 bits per heavy atom. The summed E-state index contributed by atoms with van der Waals surface area (Å²) in [6.07, 6.45) is 0. The molecule has 0 atom stereocenters. The van der Waals surface area contributed by atoms with Gasteiger partial charge < -0.3 is 23.4 Å². The Morgan fingerprint density at radius 3 is 2.52 bits per heavy atom. The van der Waals surface area contributed by atoms with Crippen LogP contribution < -0.4 is 24.3 Å². The van der Waals surface area contributed by atoms with Gasteiger partial charge in [-0.3, -0.25) is 0 Å². The van der Waals surface area contributed by atoms with Crippen LogP contribution in [0.2, 0.25) is 0 Å². The van der Waals surface area contributed by atoms with E-state index in [0.29, 0.717) is 23.0 Å². The van der Waals surface area contributed by atoms with Gasteiger partial charge in [0, 0.05) is 27.6 Å². The van der Waals surface area contributed by atoms with Gasteiger partial charge in [-0.1, -0.05) is 15.9 Å². The van der Waals surface area contributed by atoms with E-state index in [4.69, 9.17) is 28.4 Å². The first-order valence-corrected chi connectivity index (χ1v) is 10.3. The zero-order chi connectivity index (χ0) is 21.4. The van der Waals surface area contributed by atoms with E-state index < -0.39 is 0 Å². The van der Waals surface area contributed by atoms with E-state index in [2.05, 4.69) is 15.9 Å². The van der Waals surface area contributed by atoms with Crippen molar-refractivity contribution < 1.29 is 23.4 Å². The second kappa shape index (κ2) is 8.00. The van der Waals surface area contributed by atoms with Crippen LogP contribution in [0.3, 0.4) is 0 Å². The lowest BCUT2D eigenvalue weighted by atomic mass is 10.1. The first-order chi connectivity index (χ1) is 15.1. The van der Waals surface area contributed by atoms with Crippen LogP contribution >= 0.6 is 15.9 Å². The van der Waals surface area contributed by atoms with E-state index in [1.165, 1.54) is 0 Å². The molecule has 1 aromatic heterocycles. The molecule has 156 valence electrons. The second-order valence-corrected chi connectivity index (χ2v) is 7.77. The van der Waals surface area contributed by atoms with Crippen LogP contribution in [-0.4, -0.2) is 21.0 Å². The summed E-state index contributed by atoms with van der Waals surface area (Å²) < 4.78 is 28.8. The topological polar surface area (TPSA) is 62.4 Å². The monoisotopic (exact) mass is 479 g/mol. The fourth-order valence-corrected chi connectivity index (χ4v) is 3.82. The third-order valence-electron chi connectivity index (χ3n) is 4.98. The van der Waals surface area contributed by atoms with E-state index >= 15 is 0 Å². The smallest absolute Gasteiger partial charge is 0.231 e. The molecule has 6 nitrogen and oxygen atoms in total. The molecule has 0 saturated carbocycles. The van der Waals surface area contributed by atoms with Crippen molar-refractivity contribution in [3.05, 3.63) is 70.5 Å². The summed E-state index contributed by atoms with van der Waals surface area (Å²) in [6.45, 7) is 0.225. The van der Waals surface area contributed by atoms with Gasteiger partial charge in [-0.05, 0) is 48.5 Å². The van der Waals surface area contributed by atoms with E-state index in [9.17, 15) is 0 Å². The van der Waals surface area contributed by atoms with E-state index in [-0.39, 0.29) is 6.79 Å². The van der Waals surface area contributed by atoms with Crippen molar-refractivity contribution in [3.8, 4) is 34.3 Å². The van der Waals surface area contributed by atoms with Crippen LogP contribution in [0.15, 0.2) is 74.5 Å². The summed E-state index contributed by atoms with van der Waals surface area (Å²) in [5.41, 5.74) is 2.33. The number of benzene rings is 3. The van der Waals surface area contributed by atoms with Gasteiger partial charge in [-0.2, -0.15) is 0 Å². The number of fused-ring (bicyclic) bond motifs is 2. The highest BCUT2D eigenvalue weighted by atomic mass is 79.9. The molecule has 2 heterocycles. The van der Waals surface area contributed by atoms with Crippen molar-refractivity contribution in [1.82, 2.24) is 0 Å². The van der Waals surface area contributed by atoms with Crippen LogP contribution in [-0.2, 0) is 0 Å². The molecule has 5 rings (SSSR count). The summed E-state index contributed by atoms with van der Waals surface area (Å²) in [5.74, 6) is 3.35. The van der Waals surface area contributed by atoms with Crippen LogP contribution in [0, 0.1) is 0 Å². The average molecular weight is 480 g/mol. The number of hydrogen-bond acceptors (Lipinski definition) is 6. The fraction of sp³-hybridized carbons (Fsp3) is 0.125. The molecule has 0 saturated heterocycles. The third kappa shape index (κ3) is 3.72. The van der Waals surface area contributed by atoms with Crippen molar-refractivity contribution >= 4 is 32.6 Å². The number of ether oxygens (including phenoxy) is 4. The van der Waals surface area contributed by atoms with E-state index in [0.717, 1.165) is 37.8 Å². The number of rotatable bonds is 4. The molecule has 0 fully saturated rings. The van der Waals surface area contributed by atoms with Crippen molar-refractivity contribution in [2.75, 3.05) is 21.0 Å². The molecule has 0 unspecified atom stereocenters. The van der Waals surface area contributed by atoms with Crippen LogP contribution in [0.5, 0.6) is 23.0 Å². The van der Waals surface area contributed by atoms with Crippen molar-refractivity contribution in [3.63, 3.8) is 0 Å². The van der Waals surface area contributed by atoms with Gasteiger partial charge in [0.2, 0.25) is 6.79 Å². The minimum absolute atomic E-state index is 0.225. The Hall–Kier alpha value is -3.45. The highest BCUT2D eigenvalue weighted by Gasteiger charge is 2.14. The van der Waals surface area contributed by atoms with Gasteiger partial charge in [0.15, 0.2) is 23.0 Å². The van der Waals surface area contributed by atoms with Gasteiger partial charge in [0.25, 0.3) is 0 Å². The predicted octanol–water partition coefficient (Wildman–Crippen LogP) is 5.84. The first kappa shape index (κ1) is 19.5. The lowest BCUT2D eigenvalue weighted by Gasteiger charge is -2.10. The number of hydrogen-bond donors (Lipinski definition) is 0. The van der Waals surface area contributed by atoms with Gasteiger partial charge >= 0.3 is 0 Å². The maximum absolute atomic E-state index is 6.21. The molecule has 31 heavy (non-hydrogen) atoms. The summed E-state index contributed by atoms with van der Waals surface area (Å²) in [5, 5.41) is 1.66. The number of methoxy groups -OCH3 is 2. The van der Waals surface area contributed by atoms with Gasteiger partial charge in [0.05, 0.1) is 25.3 Å². The van der Waals surface area contributed by atoms with Gasteiger partial charge in [-0.25, -0.2) is 4.99 Å². The molecule has 0 N–H and O–H groups in total. The fourth-order valence-electron chi connectivity index (χ4n) is 3.46. The normalized spacial score (nSPS) is 12.9. The minimum Gasteiger partial charge on any atom is -0.493 e. The Bertz CT molecular complexity index is 1360. The van der Waals surface area contributed by atoms with Crippen LogP contribution in [0.4, 0.5) is 5.69 Å². The molecule has 3 aromatic carbocycles. The van der Waals surface area contributed by atoms with Crippen LogP contribution in [0.1, 0.15) is 0 Å². The third-order valence-corrected chi connectivity index (χ3v) is 5.47. The standard InChI is InChI=1S/C24H18BrNO5/c1-27-20-6-3-14(9-23(20)28-2)22-12-18(17-10-15(25)4-7-19(17)31-22)26-16-5-8-21-24(11-16)30-13-29-21/h3-12H,13H2,1-2H3. The minimum atomic E-state index is 0.225. The molecule has 0 spiro atoms. The highest BCUT2D eigenvalue weighted by Crippen LogP contribution is 2.36.